The fraction of sp³-hybridized carbons (Fsp3) is 0.182. The van der Waals surface area contributed by atoms with E-state index in [0.29, 0.717) is 12.3 Å². The van der Waals surface area contributed by atoms with Crippen molar-refractivity contribution in [2.75, 3.05) is 13.2 Å². The van der Waals surface area contributed by atoms with Crippen molar-refractivity contribution in [2.45, 2.75) is 13.1 Å². The maximum Gasteiger partial charge on any atom is 0.359 e. The molecule has 0 unspecified atom stereocenters. The van der Waals surface area contributed by atoms with E-state index in [4.69, 9.17) is 9.47 Å². The molecule has 0 bridgehead atoms. The summed E-state index contributed by atoms with van der Waals surface area (Å²) in [4.78, 5) is 36.0. The van der Waals surface area contributed by atoms with Gasteiger partial charge in [-0.1, -0.05) is 48.5 Å². The molecule has 1 N–H and O–H groups in total. The third kappa shape index (κ3) is 6.30. The van der Waals surface area contributed by atoms with Crippen molar-refractivity contribution in [3.8, 4) is 5.75 Å². The van der Waals surface area contributed by atoms with Crippen LogP contribution in [0.5, 0.6) is 5.75 Å². The second kappa shape index (κ2) is 10.6. The van der Waals surface area contributed by atoms with Crippen LogP contribution in [-0.2, 0) is 22.6 Å². The van der Waals surface area contributed by atoms with E-state index in [9.17, 15) is 14.4 Å². The Labute approximate surface area is 173 Å². The van der Waals surface area contributed by atoms with E-state index in [2.05, 4.69) is 10.4 Å². The number of esters is 1. The third-order valence-corrected chi connectivity index (χ3v) is 4.06. The van der Waals surface area contributed by atoms with Crippen LogP contribution in [0.15, 0.2) is 77.6 Å². The monoisotopic (exact) mass is 407 g/mol. The Balaban J connectivity index is 1.48. The van der Waals surface area contributed by atoms with Gasteiger partial charge in [0.2, 0.25) is 0 Å². The average Bonchev–Trinajstić information content (AvgIpc) is 2.78. The Morgan fingerprint density at radius 1 is 0.933 bits per heavy atom. The molecule has 154 valence electrons. The number of carbonyl (C=O) groups is 2. The maximum absolute atomic E-state index is 12.2. The first kappa shape index (κ1) is 20.8. The molecule has 8 nitrogen and oxygen atoms in total. The second-order valence-electron chi connectivity index (χ2n) is 6.28. The van der Waals surface area contributed by atoms with Crippen molar-refractivity contribution in [3.63, 3.8) is 0 Å². The molecule has 0 saturated heterocycles. The maximum atomic E-state index is 12.2. The molecule has 1 heterocycles. The third-order valence-electron chi connectivity index (χ3n) is 4.06. The molecule has 0 atom stereocenters. The second-order valence-corrected chi connectivity index (χ2v) is 6.28. The Kier molecular flexibility index (Phi) is 7.32. The molecule has 0 spiro atoms. The Morgan fingerprint density at radius 3 is 2.37 bits per heavy atom. The summed E-state index contributed by atoms with van der Waals surface area (Å²) in [5.41, 5.74) is 0.498. The molecule has 1 amide bonds. The zero-order valence-corrected chi connectivity index (χ0v) is 16.2. The minimum atomic E-state index is -0.789. The summed E-state index contributed by atoms with van der Waals surface area (Å²) < 4.78 is 11.6. The molecule has 0 aliphatic carbocycles. The van der Waals surface area contributed by atoms with Gasteiger partial charge in [0, 0.05) is 12.6 Å². The highest BCUT2D eigenvalue weighted by Crippen LogP contribution is 2.07. The molecule has 0 aliphatic heterocycles. The smallest absolute Gasteiger partial charge is 0.359 e. The lowest BCUT2D eigenvalue weighted by molar-refractivity contribution is -0.124. The molecule has 0 saturated carbocycles. The van der Waals surface area contributed by atoms with E-state index in [1.165, 1.54) is 12.1 Å². The first-order valence-corrected chi connectivity index (χ1v) is 9.35. The molecule has 0 radical (unpaired) electrons. The van der Waals surface area contributed by atoms with Crippen LogP contribution in [0.3, 0.4) is 0 Å². The number of ether oxygens (including phenoxy) is 2. The Morgan fingerprint density at radius 2 is 1.63 bits per heavy atom. The molecular formula is C22H21N3O5. The van der Waals surface area contributed by atoms with Gasteiger partial charge in [0.1, 0.15) is 12.4 Å². The average molecular weight is 407 g/mol. The van der Waals surface area contributed by atoms with E-state index in [-0.39, 0.29) is 24.4 Å². The van der Waals surface area contributed by atoms with Gasteiger partial charge in [-0.25, -0.2) is 9.48 Å². The summed E-state index contributed by atoms with van der Waals surface area (Å²) in [7, 11) is 0. The molecule has 0 fully saturated rings. The lowest BCUT2D eigenvalue weighted by Gasteiger charge is -2.09. The van der Waals surface area contributed by atoms with Gasteiger partial charge < -0.3 is 14.8 Å². The van der Waals surface area contributed by atoms with Gasteiger partial charge in [-0.3, -0.25) is 9.59 Å². The SMILES string of the molecule is O=C(COC(=O)c1ccc(=O)n(CCOc2ccccc2)n1)NCc1ccccc1. The molecular weight excluding hydrogens is 386 g/mol. The minimum Gasteiger partial charge on any atom is -0.492 e. The van der Waals surface area contributed by atoms with Crippen LogP contribution in [-0.4, -0.2) is 34.9 Å². The first-order valence-electron chi connectivity index (χ1n) is 9.35. The number of carbonyl (C=O) groups excluding carboxylic acids is 2. The van der Waals surface area contributed by atoms with Gasteiger partial charge in [0.15, 0.2) is 12.3 Å². The van der Waals surface area contributed by atoms with Gasteiger partial charge in [-0.15, -0.1) is 0 Å². The largest absolute Gasteiger partial charge is 0.492 e. The van der Waals surface area contributed by atoms with Crippen LogP contribution in [0.2, 0.25) is 0 Å². The number of hydrogen-bond acceptors (Lipinski definition) is 6. The standard InChI is InChI=1S/C22H21N3O5/c26-20(23-15-17-7-3-1-4-8-17)16-30-22(28)19-11-12-21(27)25(24-19)13-14-29-18-9-5-2-6-10-18/h1-12H,13-16H2,(H,23,26). The van der Waals surface area contributed by atoms with Crippen LogP contribution in [0.4, 0.5) is 0 Å². The minimum absolute atomic E-state index is 0.0647. The number of aromatic nitrogens is 2. The van der Waals surface area contributed by atoms with Gasteiger partial charge in [-0.05, 0) is 23.8 Å². The van der Waals surface area contributed by atoms with Crippen molar-refractivity contribution >= 4 is 11.9 Å². The number of para-hydroxylation sites is 1. The first-order chi connectivity index (χ1) is 14.6. The molecule has 8 heteroatoms. The van der Waals surface area contributed by atoms with E-state index in [1.807, 2.05) is 48.5 Å². The van der Waals surface area contributed by atoms with E-state index >= 15 is 0 Å². The van der Waals surface area contributed by atoms with Gasteiger partial charge >= 0.3 is 5.97 Å². The lowest BCUT2D eigenvalue weighted by atomic mass is 10.2. The van der Waals surface area contributed by atoms with Crippen LogP contribution >= 0.6 is 0 Å². The summed E-state index contributed by atoms with van der Waals surface area (Å²) in [6.07, 6.45) is 0. The zero-order valence-electron chi connectivity index (χ0n) is 16.2. The van der Waals surface area contributed by atoms with Crippen LogP contribution in [0.1, 0.15) is 16.1 Å². The number of amides is 1. The number of hydrogen-bond donors (Lipinski definition) is 1. The highest BCUT2D eigenvalue weighted by Gasteiger charge is 2.13. The quantitative estimate of drug-likeness (QED) is 0.543. The van der Waals surface area contributed by atoms with Crippen molar-refractivity contribution in [1.29, 1.82) is 0 Å². The van der Waals surface area contributed by atoms with E-state index < -0.39 is 18.5 Å². The molecule has 1 aromatic heterocycles. The van der Waals surface area contributed by atoms with Crippen LogP contribution < -0.4 is 15.6 Å². The zero-order chi connectivity index (χ0) is 21.2. The summed E-state index contributed by atoms with van der Waals surface area (Å²) in [5.74, 6) is -0.554. The molecule has 3 rings (SSSR count). The van der Waals surface area contributed by atoms with E-state index in [1.54, 1.807) is 12.1 Å². The summed E-state index contributed by atoms with van der Waals surface area (Å²) in [6.45, 7) is 0.259. The van der Waals surface area contributed by atoms with Gasteiger partial charge in [0.05, 0.1) is 6.54 Å². The van der Waals surface area contributed by atoms with Crippen molar-refractivity contribution < 1.29 is 19.1 Å². The number of rotatable bonds is 9. The van der Waals surface area contributed by atoms with Gasteiger partial charge in [0.25, 0.3) is 11.5 Å². The predicted octanol–water partition coefficient (Wildman–Crippen LogP) is 1.80. The van der Waals surface area contributed by atoms with E-state index in [0.717, 1.165) is 10.2 Å². The summed E-state index contributed by atoms with van der Waals surface area (Å²) in [5, 5.41) is 6.65. The molecule has 0 aliphatic rings. The lowest BCUT2D eigenvalue weighted by Crippen LogP contribution is -2.30. The number of nitrogens with zero attached hydrogens (tertiary/aromatic N) is 2. The van der Waals surface area contributed by atoms with Gasteiger partial charge in [-0.2, -0.15) is 5.10 Å². The van der Waals surface area contributed by atoms with Crippen molar-refractivity contribution in [3.05, 3.63) is 94.4 Å². The topological polar surface area (TPSA) is 99.5 Å². The predicted molar refractivity (Wildman–Crippen MR) is 109 cm³/mol. The van der Waals surface area contributed by atoms with Crippen molar-refractivity contribution in [2.24, 2.45) is 0 Å². The normalized spacial score (nSPS) is 10.3. The molecule has 3 aromatic rings. The fourth-order valence-electron chi connectivity index (χ4n) is 2.54. The van der Waals surface area contributed by atoms with Crippen LogP contribution in [0, 0.1) is 0 Å². The Hall–Kier alpha value is -3.94. The van der Waals surface area contributed by atoms with Crippen LogP contribution in [0.25, 0.3) is 0 Å². The van der Waals surface area contributed by atoms with Crippen molar-refractivity contribution in [1.82, 2.24) is 15.1 Å². The summed E-state index contributed by atoms with van der Waals surface area (Å²) in [6, 6.07) is 21.0. The fourth-order valence-corrected chi connectivity index (χ4v) is 2.54. The molecule has 30 heavy (non-hydrogen) atoms. The highest BCUT2D eigenvalue weighted by molar-refractivity contribution is 5.89. The highest BCUT2D eigenvalue weighted by atomic mass is 16.5. The Bertz CT molecular complexity index is 1040. The number of nitrogens with one attached hydrogen (secondary N) is 1. The number of benzene rings is 2. The molecule has 2 aromatic carbocycles. The summed E-state index contributed by atoms with van der Waals surface area (Å²) >= 11 is 0.